The molecule has 0 spiro atoms. The topological polar surface area (TPSA) is 9.23 Å². The zero-order valence-electron chi connectivity index (χ0n) is 11.1. The number of ether oxygens (including phenoxy) is 1. The Bertz CT molecular complexity index is 336. The van der Waals surface area contributed by atoms with Crippen molar-refractivity contribution in [1.29, 1.82) is 0 Å². The monoisotopic (exact) mass is 298 g/mol. The van der Waals surface area contributed by atoms with Gasteiger partial charge in [0.05, 0.1) is 6.10 Å². The van der Waals surface area contributed by atoms with Gasteiger partial charge < -0.3 is 4.74 Å². The van der Waals surface area contributed by atoms with Crippen LogP contribution in [-0.4, -0.2) is 6.10 Å². The summed E-state index contributed by atoms with van der Waals surface area (Å²) in [4.78, 5) is 0. The third-order valence-electron chi connectivity index (χ3n) is 2.93. The van der Waals surface area contributed by atoms with Gasteiger partial charge in [0, 0.05) is 4.47 Å². The largest absolute Gasteiger partial charge is 0.491 e. The molecule has 96 valence electrons. The first kappa shape index (κ1) is 14.6. The Morgan fingerprint density at radius 1 is 1.24 bits per heavy atom. The van der Waals surface area contributed by atoms with Gasteiger partial charge in [0.15, 0.2) is 0 Å². The molecule has 2 heteroatoms. The number of benzene rings is 1. The molecule has 0 saturated carbocycles. The highest BCUT2D eigenvalue weighted by Gasteiger charge is 2.05. The predicted octanol–water partition coefficient (Wildman–Crippen LogP) is 5.50. The maximum atomic E-state index is 5.91. The number of unbranched alkanes of at least 4 members (excludes halogenated alkanes) is 3. The standard InChI is InChI=1S/C15H23BrO/c1-4-5-6-7-8-13(3)17-14-9-10-15(16)12(2)11-14/h9-11,13H,4-8H2,1-3H3. The van der Waals surface area contributed by atoms with Crippen molar-refractivity contribution in [2.24, 2.45) is 0 Å². The molecule has 0 amide bonds. The van der Waals surface area contributed by atoms with Crippen molar-refractivity contribution in [3.8, 4) is 5.75 Å². The molecule has 1 unspecified atom stereocenters. The molecule has 0 heterocycles. The van der Waals surface area contributed by atoms with Crippen LogP contribution < -0.4 is 4.74 Å². The van der Waals surface area contributed by atoms with E-state index in [9.17, 15) is 0 Å². The van der Waals surface area contributed by atoms with Gasteiger partial charge in [0.1, 0.15) is 5.75 Å². The van der Waals surface area contributed by atoms with Crippen molar-refractivity contribution in [2.45, 2.75) is 59.0 Å². The van der Waals surface area contributed by atoms with Gasteiger partial charge in [-0.25, -0.2) is 0 Å². The van der Waals surface area contributed by atoms with Crippen molar-refractivity contribution >= 4 is 15.9 Å². The number of hydrogen-bond donors (Lipinski definition) is 0. The van der Waals surface area contributed by atoms with Crippen LogP contribution in [0.2, 0.25) is 0 Å². The van der Waals surface area contributed by atoms with Crippen molar-refractivity contribution in [3.05, 3.63) is 28.2 Å². The summed E-state index contributed by atoms with van der Waals surface area (Å²) in [5.74, 6) is 0.980. The van der Waals surface area contributed by atoms with Gasteiger partial charge in [0.2, 0.25) is 0 Å². The van der Waals surface area contributed by atoms with E-state index in [-0.39, 0.29) is 0 Å². The highest BCUT2D eigenvalue weighted by Crippen LogP contribution is 2.23. The summed E-state index contributed by atoms with van der Waals surface area (Å²) in [7, 11) is 0. The molecule has 1 nitrogen and oxygen atoms in total. The molecule has 0 radical (unpaired) electrons. The molecule has 0 aromatic heterocycles. The fraction of sp³-hybridized carbons (Fsp3) is 0.600. The minimum absolute atomic E-state index is 0.312. The molecule has 0 fully saturated rings. The fourth-order valence-electron chi connectivity index (χ4n) is 1.84. The Hall–Kier alpha value is -0.500. The maximum absolute atomic E-state index is 5.91. The van der Waals surface area contributed by atoms with Crippen LogP contribution in [-0.2, 0) is 0 Å². The Balaban J connectivity index is 2.34. The Labute approximate surface area is 114 Å². The van der Waals surface area contributed by atoms with Crippen LogP contribution in [0.1, 0.15) is 51.5 Å². The summed E-state index contributed by atoms with van der Waals surface area (Å²) in [5.41, 5.74) is 1.22. The Morgan fingerprint density at radius 3 is 2.65 bits per heavy atom. The number of hydrogen-bond acceptors (Lipinski definition) is 1. The SMILES string of the molecule is CCCCCCC(C)Oc1ccc(Br)c(C)c1. The van der Waals surface area contributed by atoms with Gasteiger partial charge in [-0.2, -0.15) is 0 Å². The number of halogens is 1. The Morgan fingerprint density at radius 2 is 2.00 bits per heavy atom. The van der Waals surface area contributed by atoms with E-state index in [2.05, 4.69) is 48.8 Å². The van der Waals surface area contributed by atoms with Gasteiger partial charge in [0.25, 0.3) is 0 Å². The fourth-order valence-corrected chi connectivity index (χ4v) is 2.09. The lowest BCUT2D eigenvalue weighted by molar-refractivity contribution is 0.206. The lowest BCUT2D eigenvalue weighted by Crippen LogP contribution is -2.11. The zero-order chi connectivity index (χ0) is 12.7. The minimum atomic E-state index is 0.312. The first-order chi connectivity index (χ1) is 8.13. The first-order valence-corrected chi connectivity index (χ1v) is 7.35. The Kier molecular flexibility index (Phi) is 6.64. The molecule has 1 aromatic carbocycles. The second-order valence-electron chi connectivity index (χ2n) is 4.69. The maximum Gasteiger partial charge on any atom is 0.120 e. The molecule has 17 heavy (non-hydrogen) atoms. The molecular weight excluding hydrogens is 276 g/mol. The van der Waals surface area contributed by atoms with E-state index in [4.69, 9.17) is 4.74 Å². The molecule has 0 bridgehead atoms. The van der Waals surface area contributed by atoms with E-state index >= 15 is 0 Å². The summed E-state index contributed by atoms with van der Waals surface area (Å²) in [6, 6.07) is 6.17. The highest BCUT2D eigenvalue weighted by atomic mass is 79.9. The third-order valence-corrected chi connectivity index (χ3v) is 3.82. The van der Waals surface area contributed by atoms with Gasteiger partial charge in [-0.05, 0) is 50.5 Å². The van der Waals surface area contributed by atoms with Gasteiger partial charge >= 0.3 is 0 Å². The summed E-state index contributed by atoms with van der Waals surface area (Å²) < 4.78 is 7.05. The molecule has 0 saturated heterocycles. The highest BCUT2D eigenvalue weighted by molar-refractivity contribution is 9.10. The van der Waals surface area contributed by atoms with Gasteiger partial charge in [-0.15, -0.1) is 0 Å². The molecule has 0 aliphatic heterocycles. The average molecular weight is 299 g/mol. The molecule has 0 aliphatic carbocycles. The van der Waals surface area contributed by atoms with Crippen LogP contribution in [0, 0.1) is 6.92 Å². The van der Waals surface area contributed by atoms with Crippen LogP contribution in [0.15, 0.2) is 22.7 Å². The summed E-state index contributed by atoms with van der Waals surface area (Å²) >= 11 is 3.50. The third kappa shape index (κ3) is 5.58. The number of rotatable bonds is 7. The predicted molar refractivity (Wildman–Crippen MR) is 77.7 cm³/mol. The smallest absolute Gasteiger partial charge is 0.120 e. The summed E-state index contributed by atoms with van der Waals surface area (Å²) in [6.45, 7) is 6.48. The van der Waals surface area contributed by atoms with Crippen molar-refractivity contribution in [3.63, 3.8) is 0 Å². The van der Waals surface area contributed by atoms with E-state index in [1.807, 2.05) is 6.07 Å². The molecule has 0 aliphatic rings. The van der Waals surface area contributed by atoms with Crippen LogP contribution in [0.4, 0.5) is 0 Å². The number of aryl methyl sites for hydroxylation is 1. The van der Waals surface area contributed by atoms with Crippen LogP contribution in [0.3, 0.4) is 0 Å². The lowest BCUT2D eigenvalue weighted by atomic mass is 10.1. The second kappa shape index (κ2) is 7.75. The van der Waals surface area contributed by atoms with Gasteiger partial charge in [-0.1, -0.05) is 42.1 Å². The normalized spacial score (nSPS) is 12.5. The lowest BCUT2D eigenvalue weighted by Gasteiger charge is -2.15. The van der Waals surface area contributed by atoms with Gasteiger partial charge in [-0.3, -0.25) is 0 Å². The van der Waals surface area contributed by atoms with E-state index in [0.29, 0.717) is 6.10 Å². The molecule has 0 N–H and O–H groups in total. The van der Waals surface area contributed by atoms with Crippen LogP contribution in [0.25, 0.3) is 0 Å². The first-order valence-electron chi connectivity index (χ1n) is 6.56. The summed E-state index contributed by atoms with van der Waals surface area (Å²) in [6.07, 6.45) is 6.68. The van der Waals surface area contributed by atoms with E-state index in [1.54, 1.807) is 0 Å². The molecule has 1 rings (SSSR count). The molecular formula is C15H23BrO. The van der Waals surface area contributed by atoms with Crippen molar-refractivity contribution in [1.82, 2.24) is 0 Å². The van der Waals surface area contributed by atoms with Crippen molar-refractivity contribution in [2.75, 3.05) is 0 Å². The quantitative estimate of drug-likeness (QED) is 0.604. The molecule has 1 aromatic rings. The zero-order valence-corrected chi connectivity index (χ0v) is 12.7. The van der Waals surface area contributed by atoms with Crippen molar-refractivity contribution < 1.29 is 4.74 Å². The second-order valence-corrected chi connectivity index (χ2v) is 5.54. The summed E-state index contributed by atoms with van der Waals surface area (Å²) in [5, 5.41) is 0. The van der Waals surface area contributed by atoms with E-state index in [0.717, 1.165) is 16.6 Å². The van der Waals surface area contributed by atoms with E-state index < -0.39 is 0 Å². The van der Waals surface area contributed by atoms with E-state index in [1.165, 1.54) is 31.2 Å². The van der Waals surface area contributed by atoms with Crippen LogP contribution >= 0.6 is 15.9 Å². The molecule has 1 atom stereocenters. The average Bonchev–Trinajstić information content (AvgIpc) is 2.30. The van der Waals surface area contributed by atoms with Crippen LogP contribution in [0.5, 0.6) is 5.75 Å². The minimum Gasteiger partial charge on any atom is -0.491 e.